The number of aromatic nitrogens is 2. The highest BCUT2D eigenvalue weighted by atomic mass is 16.5. The van der Waals surface area contributed by atoms with Crippen molar-refractivity contribution in [2.24, 2.45) is 0 Å². The third-order valence-electron chi connectivity index (χ3n) is 2.29. The van der Waals surface area contributed by atoms with Crippen molar-refractivity contribution in [2.75, 3.05) is 0 Å². The fourth-order valence-electron chi connectivity index (χ4n) is 1.40. The van der Waals surface area contributed by atoms with E-state index >= 15 is 0 Å². The normalized spacial score (nSPS) is 12.1. The molecule has 5 nitrogen and oxygen atoms in total. The summed E-state index contributed by atoms with van der Waals surface area (Å²) in [6.07, 6.45) is 2.48. The van der Waals surface area contributed by atoms with Crippen LogP contribution in [0.25, 0.3) is 11.3 Å². The summed E-state index contributed by atoms with van der Waals surface area (Å²) in [6, 6.07) is 7.16. The highest BCUT2D eigenvalue weighted by Crippen LogP contribution is 2.22. The van der Waals surface area contributed by atoms with Gasteiger partial charge in [-0.15, -0.1) is 0 Å². The molecule has 1 unspecified atom stereocenters. The highest BCUT2D eigenvalue weighted by Gasteiger charge is 2.12. The molecule has 0 aliphatic heterocycles. The van der Waals surface area contributed by atoms with Crippen LogP contribution in [0.3, 0.4) is 0 Å². The van der Waals surface area contributed by atoms with Gasteiger partial charge in [0.25, 0.3) is 0 Å². The van der Waals surface area contributed by atoms with Crippen molar-refractivity contribution in [1.29, 1.82) is 0 Å². The Labute approximate surface area is 98.1 Å². The van der Waals surface area contributed by atoms with E-state index in [-0.39, 0.29) is 0 Å². The third kappa shape index (κ3) is 2.63. The summed E-state index contributed by atoms with van der Waals surface area (Å²) in [5.74, 6) is -0.476. The van der Waals surface area contributed by atoms with Gasteiger partial charge in [0.2, 0.25) is 0 Å². The summed E-state index contributed by atoms with van der Waals surface area (Å²) in [5.41, 5.74) is 1.67. The number of benzene rings is 1. The molecule has 2 rings (SSSR count). The van der Waals surface area contributed by atoms with Crippen molar-refractivity contribution < 1.29 is 14.6 Å². The molecule has 0 radical (unpaired) electrons. The minimum Gasteiger partial charge on any atom is -0.479 e. The number of ether oxygens (including phenoxy) is 1. The van der Waals surface area contributed by atoms with Crippen LogP contribution in [0.15, 0.2) is 36.8 Å². The average Bonchev–Trinajstić information content (AvgIpc) is 2.82. The minimum absolute atomic E-state index is 0.514. The van der Waals surface area contributed by atoms with E-state index in [1.807, 2.05) is 6.07 Å². The first-order valence-electron chi connectivity index (χ1n) is 5.15. The number of nitrogens with zero attached hydrogens (tertiary/aromatic N) is 1. The second-order valence-electron chi connectivity index (χ2n) is 3.58. The Kier molecular flexibility index (Phi) is 3.09. The number of rotatable bonds is 4. The number of aromatic amines is 1. The Morgan fingerprint density at radius 2 is 2.35 bits per heavy atom. The van der Waals surface area contributed by atoms with Crippen molar-refractivity contribution in [3.63, 3.8) is 0 Å². The molecule has 1 aromatic carbocycles. The Bertz CT molecular complexity index is 508. The lowest BCUT2D eigenvalue weighted by Crippen LogP contribution is -2.22. The van der Waals surface area contributed by atoms with E-state index < -0.39 is 12.1 Å². The maximum Gasteiger partial charge on any atom is 0.344 e. The average molecular weight is 232 g/mol. The molecule has 17 heavy (non-hydrogen) atoms. The van der Waals surface area contributed by atoms with Crippen molar-refractivity contribution >= 4 is 5.97 Å². The molecule has 1 heterocycles. The zero-order valence-corrected chi connectivity index (χ0v) is 9.25. The van der Waals surface area contributed by atoms with Crippen LogP contribution >= 0.6 is 0 Å². The zero-order valence-electron chi connectivity index (χ0n) is 9.25. The number of carbonyl (C=O) groups is 1. The van der Waals surface area contributed by atoms with Gasteiger partial charge in [0.05, 0.1) is 12.0 Å². The minimum atomic E-state index is -0.991. The van der Waals surface area contributed by atoms with Crippen LogP contribution in [0, 0.1) is 0 Å². The van der Waals surface area contributed by atoms with Gasteiger partial charge < -0.3 is 14.8 Å². The van der Waals surface area contributed by atoms with Gasteiger partial charge in [0, 0.05) is 11.8 Å². The van der Waals surface area contributed by atoms with E-state index in [0.717, 1.165) is 11.3 Å². The zero-order chi connectivity index (χ0) is 12.3. The van der Waals surface area contributed by atoms with Crippen LogP contribution < -0.4 is 4.74 Å². The predicted molar refractivity (Wildman–Crippen MR) is 61.7 cm³/mol. The first-order chi connectivity index (χ1) is 8.16. The van der Waals surface area contributed by atoms with Gasteiger partial charge in [-0.05, 0) is 19.1 Å². The summed E-state index contributed by atoms with van der Waals surface area (Å²) in [5, 5.41) is 8.75. The Morgan fingerprint density at radius 3 is 3.00 bits per heavy atom. The Balaban J connectivity index is 2.20. The third-order valence-corrected chi connectivity index (χ3v) is 2.29. The number of nitrogens with one attached hydrogen (secondary N) is 1. The fourth-order valence-corrected chi connectivity index (χ4v) is 1.40. The lowest BCUT2D eigenvalue weighted by atomic mass is 10.1. The molecule has 1 atom stereocenters. The lowest BCUT2D eigenvalue weighted by Gasteiger charge is -2.10. The largest absolute Gasteiger partial charge is 0.479 e. The van der Waals surface area contributed by atoms with Gasteiger partial charge in [-0.3, -0.25) is 0 Å². The van der Waals surface area contributed by atoms with Gasteiger partial charge in [0.1, 0.15) is 5.75 Å². The van der Waals surface area contributed by atoms with Gasteiger partial charge in [-0.1, -0.05) is 12.1 Å². The van der Waals surface area contributed by atoms with Crippen LogP contribution in [0.4, 0.5) is 0 Å². The van der Waals surface area contributed by atoms with Crippen LogP contribution in [-0.4, -0.2) is 27.1 Å². The molecule has 1 aromatic heterocycles. The first-order valence-corrected chi connectivity index (χ1v) is 5.15. The molecular weight excluding hydrogens is 220 g/mol. The van der Waals surface area contributed by atoms with Crippen molar-refractivity contribution in [3.8, 4) is 17.0 Å². The highest BCUT2D eigenvalue weighted by molar-refractivity contribution is 5.72. The monoisotopic (exact) mass is 232 g/mol. The maximum atomic E-state index is 10.7. The molecule has 0 aliphatic rings. The van der Waals surface area contributed by atoms with Crippen molar-refractivity contribution in [3.05, 3.63) is 36.8 Å². The fraction of sp³-hybridized carbons (Fsp3) is 0.167. The quantitative estimate of drug-likeness (QED) is 0.844. The van der Waals surface area contributed by atoms with E-state index in [2.05, 4.69) is 9.97 Å². The molecule has 88 valence electrons. The van der Waals surface area contributed by atoms with Crippen molar-refractivity contribution in [1.82, 2.24) is 9.97 Å². The molecule has 0 amide bonds. The van der Waals surface area contributed by atoms with E-state index in [1.54, 1.807) is 30.7 Å². The number of hydrogen-bond acceptors (Lipinski definition) is 3. The van der Waals surface area contributed by atoms with Crippen molar-refractivity contribution in [2.45, 2.75) is 13.0 Å². The summed E-state index contributed by atoms with van der Waals surface area (Å²) in [6.45, 7) is 1.49. The lowest BCUT2D eigenvalue weighted by molar-refractivity contribution is -0.144. The molecule has 0 bridgehead atoms. The number of H-pyrrole nitrogens is 1. The SMILES string of the molecule is CC(Oc1cccc(-c2c[nH]cn2)c1)C(=O)O. The van der Waals surface area contributed by atoms with Crippen LogP contribution in [0.1, 0.15) is 6.92 Å². The Morgan fingerprint density at radius 1 is 1.53 bits per heavy atom. The van der Waals surface area contributed by atoms with Crippen LogP contribution in [0.5, 0.6) is 5.75 Å². The molecule has 5 heteroatoms. The Hall–Kier alpha value is -2.30. The first kappa shape index (κ1) is 11.2. The van der Waals surface area contributed by atoms with Crippen LogP contribution in [-0.2, 0) is 4.79 Å². The topological polar surface area (TPSA) is 75.2 Å². The second-order valence-corrected chi connectivity index (χ2v) is 3.58. The smallest absolute Gasteiger partial charge is 0.344 e. The molecule has 2 aromatic rings. The molecule has 0 spiro atoms. The number of imidazole rings is 1. The maximum absolute atomic E-state index is 10.7. The van der Waals surface area contributed by atoms with E-state index in [1.165, 1.54) is 6.92 Å². The van der Waals surface area contributed by atoms with Gasteiger partial charge in [0.15, 0.2) is 6.10 Å². The summed E-state index contributed by atoms with van der Waals surface area (Å²) in [7, 11) is 0. The van der Waals surface area contributed by atoms with E-state index in [9.17, 15) is 4.79 Å². The summed E-state index contributed by atoms with van der Waals surface area (Å²) >= 11 is 0. The van der Waals surface area contributed by atoms with Gasteiger partial charge in [-0.25, -0.2) is 9.78 Å². The van der Waals surface area contributed by atoms with E-state index in [0.29, 0.717) is 5.75 Å². The number of aliphatic carboxylic acids is 1. The molecular formula is C12H12N2O3. The molecule has 0 aliphatic carbocycles. The molecule has 0 fully saturated rings. The van der Waals surface area contributed by atoms with E-state index in [4.69, 9.17) is 9.84 Å². The van der Waals surface area contributed by atoms with Crippen LogP contribution in [0.2, 0.25) is 0 Å². The predicted octanol–water partition coefficient (Wildman–Crippen LogP) is 1.93. The molecule has 0 saturated carbocycles. The number of carboxylic acid groups (broad SMARTS) is 1. The summed E-state index contributed by atoms with van der Waals surface area (Å²) < 4.78 is 5.28. The molecule has 2 N–H and O–H groups in total. The van der Waals surface area contributed by atoms with Gasteiger partial charge in [-0.2, -0.15) is 0 Å². The second kappa shape index (κ2) is 4.69. The standard InChI is InChI=1S/C12H12N2O3/c1-8(12(15)16)17-10-4-2-3-9(5-10)11-6-13-7-14-11/h2-8H,1H3,(H,13,14)(H,15,16). The molecule has 0 saturated heterocycles. The summed E-state index contributed by atoms with van der Waals surface area (Å²) in [4.78, 5) is 17.6. The van der Waals surface area contributed by atoms with Gasteiger partial charge >= 0.3 is 5.97 Å². The number of hydrogen-bond donors (Lipinski definition) is 2. The number of carboxylic acids is 1.